The average molecular weight is 180 g/mol. The lowest BCUT2D eigenvalue weighted by molar-refractivity contribution is 0.253. The molecule has 0 unspecified atom stereocenters. The lowest BCUT2D eigenvalue weighted by Gasteiger charge is -1.92. The highest BCUT2D eigenvalue weighted by Gasteiger charge is 1.83. The third-order valence-electron chi connectivity index (χ3n) is 1.72. The summed E-state index contributed by atoms with van der Waals surface area (Å²) in [4.78, 5) is 0. The first-order valence-corrected chi connectivity index (χ1v) is 5.11. The third kappa shape index (κ3) is 11.3. The highest BCUT2D eigenvalue weighted by atomic mass is 16.3. The Morgan fingerprint density at radius 1 is 1.31 bits per heavy atom. The van der Waals surface area contributed by atoms with Crippen LogP contribution in [0.15, 0.2) is 12.2 Å². The highest BCUT2D eigenvalue weighted by molar-refractivity contribution is 5.16. The van der Waals surface area contributed by atoms with Crippen LogP contribution in [0.3, 0.4) is 0 Å². The van der Waals surface area contributed by atoms with E-state index in [1.165, 1.54) is 25.7 Å². The van der Waals surface area contributed by atoms with Gasteiger partial charge < -0.3 is 5.11 Å². The summed E-state index contributed by atoms with van der Waals surface area (Å²) in [5.41, 5.74) is 0. The molecule has 13 heavy (non-hydrogen) atoms. The number of aliphatic hydroxyl groups is 1. The Morgan fingerprint density at radius 3 is 2.69 bits per heavy atom. The molecule has 0 spiro atoms. The van der Waals surface area contributed by atoms with Crippen LogP contribution in [0.5, 0.6) is 0 Å². The van der Waals surface area contributed by atoms with E-state index in [0.29, 0.717) is 0 Å². The van der Waals surface area contributed by atoms with E-state index in [1.807, 2.05) is 6.08 Å². The van der Waals surface area contributed by atoms with Gasteiger partial charge in [0.1, 0.15) is 6.10 Å². The fourth-order valence-corrected chi connectivity index (χ4v) is 1.000. The molecule has 0 saturated carbocycles. The van der Waals surface area contributed by atoms with E-state index in [2.05, 4.69) is 24.8 Å². The van der Waals surface area contributed by atoms with Crippen LogP contribution in [0, 0.1) is 11.8 Å². The van der Waals surface area contributed by atoms with E-state index < -0.39 is 6.10 Å². The summed E-state index contributed by atoms with van der Waals surface area (Å²) in [7, 11) is 0. The average Bonchev–Trinajstić information content (AvgIpc) is 2.09. The second kappa shape index (κ2) is 9.35. The summed E-state index contributed by atoms with van der Waals surface area (Å²) < 4.78 is 0. The minimum Gasteiger partial charge on any atom is -0.381 e. The predicted octanol–water partition coefficient (Wildman–Crippen LogP) is 2.90. The van der Waals surface area contributed by atoms with Gasteiger partial charge in [-0.05, 0) is 25.8 Å². The van der Waals surface area contributed by atoms with Crippen molar-refractivity contribution >= 4 is 0 Å². The minimum absolute atomic E-state index is 0.509. The van der Waals surface area contributed by atoms with Gasteiger partial charge in [0.2, 0.25) is 0 Å². The van der Waals surface area contributed by atoms with Crippen LogP contribution in [0.25, 0.3) is 0 Å². The lowest BCUT2D eigenvalue weighted by atomic mass is 10.1. The molecule has 0 aromatic heterocycles. The summed E-state index contributed by atoms with van der Waals surface area (Å²) in [6, 6.07) is 0. The Hall–Kier alpha value is -0.740. The summed E-state index contributed by atoms with van der Waals surface area (Å²) in [6.45, 7) is 3.88. The van der Waals surface area contributed by atoms with Gasteiger partial charge in [0.25, 0.3) is 0 Å². The molecule has 74 valence electrons. The number of allylic oxidation sites excluding steroid dienone is 2. The van der Waals surface area contributed by atoms with Crippen LogP contribution >= 0.6 is 0 Å². The van der Waals surface area contributed by atoms with Crippen molar-refractivity contribution in [3.05, 3.63) is 12.2 Å². The van der Waals surface area contributed by atoms with Crippen molar-refractivity contribution in [3.63, 3.8) is 0 Å². The van der Waals surface area contributed by atoms with Gasteiger partial charge >= 0.3 is 0 Å². The molecule has 0 aliphatic carbocycles. The first kappa shape index (κ1) is 12.3. The molecule has 1 nitrogen and oxygen atoms in total. The van der Waals surface area contributed by atoms with E-state index in [0.717, 1.165) is 6.42 Å². The largest absolute Gasteiger partial charge is 0.381 e. The smallest absolute Gasteiger partial charge is 0.112 e. The van der Waals surface area contributed by atoms with Crippen molar-refractivity contribution < 1.29 is 5.11 Å². The van der Waals surface area contributed by atoms with Gasteiger partial charge in [-0.2, -0.15) is 0 Å². The van der Waals surface area contributed by atoms with Gasteiger partial charge in [-0.1, -0.05) is 44.1 Å². The molecule has 0 fully saturated rings. The van der Waals surface area contributed by atoms with E-state index in [9.17, 15) is 0 Å². The number of hydrogen-bond acceptors (Lipinski definition) is 1. The topological polar surface area (TPSA) is 20.2 Å². The van der Waals surface area contributed by atoms with Gasteiger partial charge in [-0.25, -0.2) is 0 Å². The molecule has 0 aliphatic rings. The molecule has 1 N–H and O–H groups in total. The van der Waals surface area contributed by atoms with E-state index >= 15 is 0 Å². The molecule has 0 aromatic carbocycles. The monoisotopic (exact) mass is 180 g/mol. The van der Waals surface area contributed by atoms with Crippen LogP contribution in [0.2, 0.25) is 0 Å². The summed E-state index contributed by atoms with van der Waals surface area (Å²) >= 11 is 0. The maximum atomic E-state index is 8.82. The highest BCUT2D eigenvalue weighted by Crippen LogP contribution is 2.02. The fourth-order valence-electron chi connectivity index (χ4n) is 1.000. The molecular formula is C12H20O. The van der Waals surface area contributed by atoms with Crippen molar-refractivity contribution in [2.45, 2.75) is 52.1 Å². The maximum absolute atomic E-state index is 8.82. The van der Waals surface area contributed by atoms with Gasteiger partial charge in [0, 0.05) is 0 Å². The molecule has 0 heterocycles. The van der Waals surface area contributed by atoms with Gasteiger partial charge in [0.15, 0.2) is 0 Å². The van der Waals surface area contributed by atoms with Crippen LogP contribution in [-0.2, 0) is 0 Å². The molecule has 0 saturated heterocycles. The second-order valence-corrected chi connectivity index (χ2v) is 3.22. The van der Waals surface area contributed by atoms with Crippen LogP contribution in [0.4, 0.5) is 0 Å². The first-order valence-electron chi connectivity index (χ1n) is 5.11. The number of hydrogen-bond donors (Lipinski definition) is 1. The zero-order valence-corrected chi connectivity index (χ0v) is 8.71. The van der Waals surface area contributed by atoms with Gasteiger partial charge in [0.05, 0.1) is 0 Å². The number of unbranched alkanes of at least 4 members (excludes halogenated alkanes) is 4. The van der Waals surface area contributed by atoms with Crippen molar-refractivity contribution in [1.29, 1.82) is 0 Å². The summed E-state index contributed by atoms with van der Waals surface area (Å²) in [5, 5.41) is 8.82. The van der Waals surface area contributed by atoms with Crippen LogP contribution in [0.1, 0.15) is 46.0 Å². The Labute approximate surface area is 81.9 Å². The fraction of sp³-hybridized carbons (Fsp3) is 0.667. The Kier molecular flexibility index (Phi) is 8.82. The molecule has 0 amide bonds. The Balaban J connectivity index is 3.28. The first-order chi connectivity index (χ1) is 6.27. The van der Waals surface area contributed by atoms with E-state index in [4.69, 9.17) is 5.11 Å². The summed E-state index contributed by atoms with van der Waals surface area (Å²) in [5.74, 6) is 5.46. The zero-order chi connectivity index (χ0) is 9.94. The molecule has 0 aliphatic heterocycles. The predicted molar refractivity (Wildman–Crippen MR) is 57.4 cm³/mol. The summed E-state index contributed by atoms with van der Waals surface area (Å²) in [6.07, 6.45) is 9.67. The third-order valence-corrected chi connectivity index (χ3v) is 1.72. The normalized spacial score (nSPS) is 12.5. The quantitative estimate of drug-likeness (QED) is 0.509. The van der Waals surface area contributed by atoms with Crippen LogP contribution < -0.4 is 0 Å². The molecule has 0 radical (unpaired) electrons. The molecule has 1 atom stereocenters. The van der Waals surface area contributed by atoms with Crippen molar-refractivity contribution in [2.75, 3.05) is 0 Å². The Morgan fingerprint density at radius 2 is 2.08 bits per heavy atom. The van der Waals surface area contributed by atoms with E-state index in [1.54, 1.807) is 6.92 Å². The Bertz CT molecular complexity index is 181. The molecule has 0 aromatic rings. The van der Waals surface area contributed by atoms with Gasteiger partial charge in [-0.15, -0.1) is 0 Å². The molecular weight excluding hydrogens is 160 g/mol. The second-order valence-electron chi connectivity index (χ2n) is 3.22. The van der Waals surface area contributed by atoms with Crippen molar-refractivity contribution in [3.8, 4) is 11.8 Å². The zero-order valence-electron chi connectivity index (χ0n) is 8.71. The van der Waals surface area contributed by atoms with Gasteiger partial charge in [-0.3, -0.25) is 0 Å². The maximum Gasteiger partial charge on any atom is 0.112 e. The van der Waals surface area contributed by atoms with E-state index in [-0.39, 0.29) is 0 Å². The SMILES string of the molecule is CCCCCC/C=C\C#C[C@@H](C)O. The molecule has 0 rings (SSSR count). The lowest BCUT2D eigenvalue weighted by Crippen LogP contribution is -1.91. The minimum atomic E-state index is -0.509. The van der Waals surface area contributed by atoms with Crippen molar-refractivity contribution in [2.24, 2.45) is 0 Å². The van der Waals surface area contributed by atoms with Crippen molar-refractivity contribution in [1.82, 2.24) is 0 Å². The molecule has 1 heteroatoms. The number of rotatable bonds is 5. The standard InChI is InChI=1S/C12H20O/c1-3-4-5-6-7-8-9-10-11-12(2)13/h8-9,12-13H,3-7H2,1-2H3/b9-8-/t12-/m1/s1. The van der Waals surface area contributed by atoms with Crippen LogP contribution in [-0.4, -0.2) is 11.2 Å². The molecule has 0 bridgehead atoms. The number of aliphatic hydroxyl groups excluding tert-OH is 1.